The van der Waals surface area contributed by atoms with E-state index in [1.165, 1.54) is 30.2 Å². The van der Waals surface area contributed by atoms with Crippen LogP contribution in [0.15, 0.2) is 77.3 Å². The summed E-state index contributed by atoms with van der Waals surface area (Å²) >= 11 is 9.72. The van der Waals surface area contributed by atoms with Gasteiger partial charge in [-0.15, -0.1) is 0 Å². The van der Waals surface area contributed by atoms with E-state index in [2.05, 4.69) is 21.2 Å². The number of halogens is 2. The molecule has 11 heteroatoms. The lowest BCUT2D eigenvalue weighted by Crippen LogP contribution is -2.53. The van der Waals surface area contributed by atoms with Crippen molar-refractivity contribution in [2.45, 2.75) is 32.9 Å². The summed E-state index contributed by atoms with van der Waals surface area (Å²) < 4.78 is 32.9. The minimum Gasteiger partial charge on any atom is -0.495 e. The molecule has 41 heavy (non-hydrogen) atoms. The number of hydrogen-bond donors (Lipinski definition) is 1. The first-order chi connectivity index (χ1) is 19.4. The molecule has 0 aliphatic rings. The van der Waals surface area contributed by atoms with E-state index in [4.69, 9.17) is 16.3 Å². The van der Waals surface area contributed by atoms with Crippen LogP contribution in [0.3, 0.4) is 0 Å². The molecule has 0 aliphatic carbocycles. The quantitative estimate of drug-likeness (QED) is 0.268. The van der Waals surface area contributed by atoms with Gasteiger partial charge in [0.1, 0.15) is 18.3 Å². The van der Waals surface area contributed by atoms with E-state index in [0.29, 0.717) is 12.3 Å². The molecule has 0 aromatic heterocycles. The van der Waals surface area contributed by atoms with Crippen LogP contribution < -0.4 is 14.4 Å². The number of ether oxygens (including phenoxy) is 1. The highest BCUT2D eigenvalue weighted by molar-refractivity contribution is 9.10. The number of carbonyl (C=O) groups is 2. The molecule has 0 fully saturated rings. The van der Waals surface area contributed by atoms with Gasteiger partial charge in [0, 0.05) is 24.0 Å². The number of nitrogens with one attached hydrogen (secondary N) is 1. The van der Waals surface area contributed by atoms with E-state index in [0.717, 1.165) is 26.2 Å². The minimum atomic E-state index is -3.91. The summed E-state index contributed by atoms with van der Waals surface area (Å²) in [5.41, 5.74) is 1.86. The van der Waals surface area contributed by atoms with Crippen molar-refractivity contribution in [1.29, 1.82) is 0 Å². The Bertz CT molecular complexity index is 1440. The third-order valence-electron chi connectivity index (χ3n) is 6.32. The number of benzene rings is 3. The molecule has 0 saturated carbocycles. The van der Waals surface area contributed by atoms with Crippen molar-refractivity contribution in [3.05, 3.63) is 93.4 Å². The van der Waals surface area contributed by atoms with Gasteiger partial charge in [-0.1, -0.05) is 83.8 Å². The van der Waals surface area contributed by atoms with Gasteiger partial charge >= 0.3 is 0 Å². The highest BCUT2D eigenvalue weighted by atomic mass is 79.9. The maximum absolute atomic E-state index is 14.1. The molecule has 0 bridgehead atoms. The number of amides is 2. The van der Waals surface area contributed by atoms with Crippen molar-refractivity contribution in [1.82, 2.24) is 10.2 Å². The second-order valence-corrected chi connectivity index (χ2v) is 13.3. The highest BCUT2D eigenvalue weighted by Gasteiger charge is 2.33. The molecule has 0 heterocycles. The van der Waals surface area contributed by atoms with Crippen molar-refractivity contribution >= 4 is 55.1 Å². The zero-order valence-corrected chi connectivity index (χ0v) is 26.7. The van der Waals surface area contributed by atoms with Gasteiger partial charge in [0.2, 0.25) is 21.8 Å². The van der Waals surface area contributed by atoms with Crippen molar-refractivity contribution < 1.29 is 22.7 Å². The van der Waals surface area contributed by atoms with Crippen LogP contribution >= 0.6 is 27.5 Å². The number of anilines is 1. The minimum absolute atomic E-state index is 0.0969. The van der Waals surface area contributed by atoms with Gasteiger partial charge in [-0.2, -0.15) is 0 Å². The fraction of sp³-hybridized carbons (Fsp3) is 0.333. The Balaban J connectivity index is 2.05. The molecule has 1 atom stereocenters. The Kier molecular flexibility index (Phi) is 11.6. The average molecular weight is 665 g/mol. The molecule has 0 spiro atoms. The monoisotopic (exact) mass is 663 g/mol. The molecule has 1 N–H and O–H groups in total. The number of sulfonamides is 1. The summed E-state index contributed by atoms with van der Waals surface area (Å²) in [5, 5.41) is 3.17. The number of carbonyl (C=O) groups excluding carboxylic acids is 2. The number of hydrogen-bond acceptors (Lipinski definition) is 5. The predicted octanol–water partition coefficient (Wildman–Crippen LogP) is 5.29. The van der Waals surface area contributed by atoms with Gasteiger partial charge in [0.15, 0.2) is 0 Å². The van der Waals surface area contributed by atoms with E-state index in [-0.39, 0.29) is 35.5 Å². The fourth-order valence-electron chi connectivity index (χ4n) is 4.19. The standard InChI is InChI=1S/C30H35BrClN3O5S/c1-21(2)18-33-30(37)27(16-22-8-6-5-7-9-22)34(19-23-10-12-24(31)13-11-23)29(36)20-35(41(4,38)39)25-14-15-28(40-3)26(32)17-25/h5-15,17,21,27H,16,18-20H2,1-4H3,(H,33,37)/t27-/m1/s1. The molecule has 220 valence electrons. The molecule has 0 saturated heterocycles. The first-order valence-corrected chi connectivity index (χ1v) is 16.1. The number of methoxy groups -OCH3 is 1. The maximum Gasteiger partial charge on any atom is 0.244 e. The average Bonchev–Trinajstić information content (AvgIpc) is 2.93. The Labute approximate surface area is 255 Å². The van der Waals surface area contributed by atoms with E-state index >= 15 is 0 Å². The van der Waals surface area contributed by atoms with Crippen LogP contribution in [0.5, 0.6) is 5.75 Å². The van der Waals surface area contributed by atoms with Gasteiger partial charge in [-0.25, -0.2) is 8.42 Å². The van der Waals surface area contributed by atoms with E-state index in [1.54, 1.807) is 0 Å². The lowest BCUT2D eigenvalue weighted by atomic mass is 10.0. The third kappa shape index (κ3) is 9.48. The van der Waals surface area contributed by atoms with E-state index in [9.17, 15) is 18.0 Å². The van der Waals surface area contributed by atoms with Gasteiger partial charge in [-0.05, 0) is 47.4 Å². The number of nitrogens with zero attached hydrogens (tertiary/aromatic N) is 2. The van der Waals surface area contributed by atoms with Gasteiger partial charge < -0.3 is 15.0 Å². The summed E-state index contributed by atoms with van der Waals surface area (Å²) in [4.78, 5) is 29.2. The van der Waals surface area contributed by atoms with Crippen LogP contribution in [0.1, 0.15) is 25.0 Å². The molecule has 8 nitrogen and oxygen atoms in total. The Morgan fingerprint density at radius 3 is 2.22 bits per heavy atom. The lowest BCUT2D eigenvalue weighted by Gasteiger charge is -2.33. The molecule has 0 aliphatic heterocycles. The summed E-state index contributed by atoms with van der Waals surface area (Å²) in [7, 11) is -2.45. The van der Waals surface area contributed by atoms with Gasteiger partial charge in [0.05, 0.1) is 24.1 Å². The second kappa shape index (κ2) is 14.7. The van der Waals surface area contributed by atoms with Crippen LogP contribution in [0.2, 0.25) is 5.02 Å². The van der Waals surface area contributed by atoms with Crippen LogP contribution in [0.4, 0.5) is 5.69 Å². The predicted molar refractivity (Wildman–Crippen MR) is 167 cm³/mol. The van der Waals surface area contributed by atoms with E-state index in [1.807, 2.05) is 68.4 Å². The molecule has 3 rings (SSSR count). The Morgan fingerprint density at radius 2 is 1.66 bits per heavy atom. The Hall–Kier alpha value is -3.08. The maximum atomic E-state index is 14.1. The molecule has 2 amide bonds. The fourth-order valence-corrected chi connectivity index (χ4v) is 5.54. The zero-order chi connectivity index (χ0) is 30.2. The molecule has 3 aromatic rings. The van der Waals surface area contributed by atoms with Crippen LogP contribution in [0.25, 0.3) is 0 Å². The molecule has 0 radical (unpaired) electrons. The normalized spacial score (nSPS) is 12.1. The largest absolute Gasteiger partial charge is 0.495 e. The van der Waals surface area contributed by atoms with Crippen LogP contribution in [-0.4, -0.2) is 57.6 Å². The van der Waals surface area contributed by atoms with Crippen molar-refractivity contribution in [2.24, 2.45) is 5.92 Å². The van der Waals surface area contributed by atoms with E-state index < -0.39 is 28.5 Å². The first kappa shape index (κ1) is 32.4. The van der Waals surface area contributed by atoms with Crippen LogP contribution in [0, 0.1) is 5.92 Å². The Morgan fingerprint density at radius 1 is 1.00 bits per heavy atom. The lowest BCUT2D eigenvalue weighted by molar-refractivity contribution is -0.140. The van der Waals surface area contributed by atoms with Crippen molar-refractivity contribution in [2.75, 3.05) is 30.8 Å². The highest BCUT2D eigenvalue weighted by Crippen LogP contribution is 2.30. The first-order valence-electron chi connectivity index (χ1n) is 13.1. The zero-order valence-electron chi connectivity index (χ0n) is 23.5. The van der Waals surface area contributed by atoms with Gasteiger partial charge in [0.25, 0.3) is 0 Å². The summed E-state index contributed by atoms with van der Waals surface area (Å²) in [5.74, 6) is -0.276. The summed E-state index contributed by atoms with van der Waals surface area (Å²) in [6.45, 7) is 3.98. The number of rotatable bonds is 13. The smallest absolute Gasteiger partial charge is 0.244 e. The molecule has 3 aromatic carbocycles. The second-order valence-electron chi connectivity index (χ2n) is 10.1. The SMILES string of the molecule is COc1ccc(N(CC(=O)N(Cc2ccc(Br)cc2)[C@H](Cc2ccccc2)C(=O)NCC(C)C)S(C)(=O)=O)cc1Cl. The van der Waals surface area contributed by atoms with Crippen LogP contribution in [-0.2, 0) is 32.6 Å². The summed E-state index contributed by atoms with van der Waals surface area (Å²) in [6, 6.07) is 20.4. The molecular weight excluding hydrogens is 630 g/mol. The van der Waals surface area contributed by atoms with Crippen molar-refractivity contribution in [3.63, 3.8) is 0 Å². The van der Waals surface area contributed by atoms with Gasteiger partial charge in [-0.3, -0.25) is 13.9 Å². The topological polar surface area (TPSA) is 96.0 Å². The van der Waals surface area contributed by atoms with Crippen molar-refractivity contribution in [3.8, 4) is 5.75 Å². The third-order valence-corrected chi connectivity index (χ3v) is 8.29. The molecule has 0 unspecified atom stereocenters. The summed E-state index contributed by atoms with van der Waals surface area (Å²) in [6.07, 6.45) is 1.27. The molecular formula is C30H35BrClN3O5S.